The van der Waals surface area contributed by atoms with Gasteiger partial charge in [0.15, 0.2) is 0 Å². The summed E-state index contributed by atoms with van der Waals surface area (Å²) in [4.78, 5) is 4.44. The number of hydrogen-bond acceptors (Lipinski definition) is 3. The van der Waals surface area contributed by atoms with E-state index in [1.165, 1.54) is 13.1 Å². The van der Waals surface area contributed by atoms with Gasteiger partial charge in [-0.05, 0) is 33.8 Å². The van der Waals surface area contributed by atoms with E-state index in [0.29, 0.717) is 5.56 Å². The zero-order chi connectivity index (χ0) is 16.5. The highest BCUT2D eigenvalue weighted by Crippen LogP contribution is 2.29. The van der Waals surface area contributed by atoms with Crippen LogP contribution in [0.5, 0.6) is 0 Å². The molecule has 1 rings (SSSR count). The van der Waals surface area contributed by atoms with Gasteiger partial charge in [-0.25, -0.2) is 13.0 Å². The van der Waals surface area contributed by atoms with E-state index in [1.807, 2.05) is 0 Å². The first-order valence-corrected chi connectivity index (χ1v) is 8.58. The number of aliphatic imine (C=N–C) groups is 1. The molecule has 118 valence electrons. The van der Waals surface area contributed by atoms with Crippen molar-refractivity contribution >= 4 is 15.6 Å². The zero-order valence-electron chi connectivity index (χ0n) is 13.5. The monoisotopic (exact) mass is 313 g/mol. The minimum Gasteiger partial charge on any atom is -0.386 e. The standard InChI is InChI=1S/C15H24FN3OS/c1-14(2,11-9-7-8-10-12(11)16)19-13(17)15(3,4)21(6,20)18-5/h7-10H,1-6H3,(H2,17,19). The summed E-state index contributed by atoms with van der Waals surface area (Å²) in [7, 11) is -1.04. The molecule has 1 atom stereocenters. The summed E-state index contributed by atoms with van der Waals surface area (Å²) in [6.45, 7) is 7.01. The molecular formula is C15H24FN3OS. The minimum atomic E-state index is -2.54. The van der Waals surface area contributed by atoms with Gasteiger partial charge in [-0.2, -0.15) is 0 Å². The van der Waals surface area contributed by atoms with E-state index in [-0.39, 0.29) is 11.7 Å². The number of nitrogens with two attached hydrogens (primary N) is 1. The van der Waals surface area contributed by atoms with Gasteiger partial charge in [0.25, 0.3) is 0 Å². The van der Waals surface area contributed by atoms with Gasteiger partial charge in [0.1, 0.15) is 16.4 Å². The summed E-state index contributed by atoms with van der Waals surface area (Å²) in [6, 6.07) is 6.44. The Kier molecular flexibility index (Phi) is 4.83. The maximum atomic E-state index is 13.9. The third-order valence-electron chi connectivity index (χ3n) is 3.85. The second kappa shape index (κ2) is 5.75. The molecule has 0 amide bonds. The van der Waals surface area contributed by atoms with Gasteiger partial charge in [-0.1, -0.05) is 18.2 Å². The highest BCUT2D eigenvalue weighted by atomic mass is 32.2. The second-order valence-corrected chi connectivity index (χ2v) is 9.02. The molecule has 0 fully saturated rings. The molecule has 0 saturated heterocycles. The molecule has 0 aliphatic carbocycles. The number of amidine groups is 1. The maximum absolute atomic E-state index is 13.9. The molecular weight excluding hydrogens is 289 g/mol. The van der Waals surface area contributed by atoms with Crippen LogP contribution in [0.1, 0.15) is 33.3 Å². The Bertz CT molecular complexity index is 671. The third-order valence-corrected chi connectivity index (χ3v) is 6.64. The van der Waals surface area contributed by atoms with Crippen LogP contribution in [-0.2, 0) is 15.3 Å². The Morgan fingerprint density at radius 2 is 1.76 bits per heavy atom. The van der Waals surface area contributed by atoms with Gasteiger partial charge < -0.3 is 5.73 Å². The van der Waals surface area contributed by atoms with Gasteiger partial charge >= 0.3 is 0 Å². The summed E-state index contributed by atoms with van der Waals surface area (Å²) in [5.41, 5.74) is 5.67. The van der Waals surface area contributed by atoms with Crippen LogP contribution in [0.4, 0.5) is 4.39 Å². The predicted octanol–water partition coefficient (Wildman–Crippen LogP) is 2.92. The van der Waals surface area contributed by atoms with E-state index in [2.05, 4.69) is 9.36 Å². The average Bonchev–Trinajstić information content (AvgIpc) is 2.38. The van der Waals surface area contributed by atoms with E-state index in [0.717, 1.165) is 0 Å². The molecule has 0 spiro atoms. The molecule has 1 aromatic rings. The van der Waals surface area contributed by atoms with Crippen molar-refractivity contribution in [1.82, 2.24) is 0 Å². The number of rotatable bonds is 4. The van der Waals surface area contributed by atoms with Gasteiger partial charge in [0.05, 0.1) is 15.3 Å². The number of hydrogen-bond donors (Lipinski definition) is 1. The first-order chi connectivity index (χ1) is 9.45. The zero-order valence-corrected chi connectivity index (χ0v) is 14.3. The molecule has 0 aromatic heterocycles. The fraction of sp³-hybridized carbons (Fsp3) is 0.533. The van der Waals surface area contributed by atoms with Crippen molar-refractivity contribution in [3.63, 3.8) is 0 Å². The van der Waals surface area contributed by atoms with E-state index < -0.39 is 20.0 Å². The fourth-order valence-electron chi connectivity index (χ4n) is 1.88. The normalized spacial score (nSPS) is 16.4. The lowest BCUT2D eigenvalue weighted by atomic mass is 9.94. The Labute approximate surface area is 126 Å². The van der Waals surface area contributed by atoms with Crippen LogP contribution in [-0.4, -0.2) is 28.1 Å². The number of benzene rings is 1. The van der Waals surface area contributed by atoms with Crippen LogP contribution in [0.25, 0.3) is 0 Å². The molecule has 0 aliphatic heterocycles. The summed E-state index contributed by atoms with van der Waals surface area (Å²) in [5, 5.41) is 0. The van der Waals surface area contributed by atoms with Crippen molar-refractivity contribution in [2.75, 3.05) is 13.3 Å². The van der Waals surface area contributed by atoms with Gasteiger partial charge in [-0.3, -0.25) is 4.99 Å². The van der Waals surface area contributed by atoms with Crippen molar-refractivity contribution in [1.29, 1.82) is 0 Å². The van der Waals surface area contributed by atoms with Crippen LogP contribution in [0.15, 0.2) is 33.6 Å². The van der Waals surface area contributed by atoms with Gasteiger partial charge in [0.2, 0.25) is 0 Å². The molecule has 0 saturated carbocycles. The third kappa shape index (κ3) is 3.43. The summed E-state index contributed by atoms with van der Waals surface area (Å²) >= 11 is 0. The predicted molar refractivity (Wildman–Crippen MR) is 87.5 cm³/mol. The molecule has 0 heterocycles. The van der Waals surface area contributed by atoms with Crippen molar-refractivity contribution in [2.24, 2.45) is 15.1 Å². The Morgan fingerprint density at radius 1 is 1.24 bits per heavy atom. The Hall–Kier alpha value is -1.43. The lowest BCUT2D eigenvalue weighted by Crippen LogP contribution is -2.46. The summed E-state index contributed by atoms with van der Waals surface area (Å²) in [6.07, 6.45) is 1.55. The van der Waals surface area contributed by atoms with E-state index in [9.17, 15) is 8.60 Å². The molecule has 0 radical (unpaired) electrons. The Morgan fingerprint density at radius 3 is 2.24 bits per heavy atom. The van der Waals surface area contributed by atoms with Crippen molar-refractivity contribution in [2.45, 2.75) is 38.0 Å². The van der Waals surface area contributed by atoms with E-state index >= 15 is 0 Å². The highest BCUT2D eigenvalue weighted by Gasteiger charge is 2.35. The molecule has 1 unspecified atom stereocenters. The maximum Gasteiger partial charge on any atom is 0.128 e. The van der Waals surface area contributed by atoms with Crippen molar-refractivity contribution < 1.29 is 8.60 Å². The lowest BCUT2D eigenvalue weighted by Gasteiger charge is -2.29. The largest absolute Gasteiger partial charge is 0.386 e. The van der Waals surface area contributed by atoms with Gasteiger partial charge in [-0.15, -0.1) is 0 Å². The molecule has 0 aliphatic rings. The fourth-order valence-corrected chi connectivity index (χ4v) is 2.77. The minimum absolute atomic E-state index is 0.203. The van der Waals surface area contributed by atoms with Crippen LogP contribution in [0.2, 0.25) is 0 Å². The Balaban J connectivity index is 3.36. The van der Waals surface area contributed by atoms with E-state index in [4.69, 9.17) is 5.73 Å². The van der Waals surface area contributed by atoms with Crippen LogP contribution in [0, 0.1) is 5.82 Å². The van der Waals surface area contributed by atoms with Crippen molar-refractivity contribution in [3.8, 4) is 0 Å². The molecule has 2 N–H and O–H groups in total. The number of halogens is 1. The van der Waals surface area contributed by atoms with Crippen LogP contribution in [0.3, 0.4) is 0 Å². The first-order valence-electron chi connectivity index (χ1n) is 6.66. The molecule has 0 bridgehead atoms. The molecule has 1 aromatic carbocycles. The molecule has 6 heteroatoms. The number of nitrogens with zero attached hydrogens (tertiary/aromatic N) is 2. The van der Waals surface area contributed by atoms with Crippen LogP contribution < -0.4 is 5.73 Å². The van der Waals surface area contributed by atoms with Gasteiger partial charge in [0, 0.05) is 18.9 Å². The molecule has 21 heavy (non-hydrogen) atoms. The molecule has 4 nitrogen and oxygen atoms in total. The average molecular weight is 313 g/mol. The topological polar surface area (TPSA) is 67.8 Å². The lowest BCUT2D eigenvalue weighted by molar-refractivity contribution is 0.501. The summed E-state index contributed by atoms with van der Waals surface area (Å²) in [5.74, 6) is -0.136. The highest BCUT2D eigenvalue weighted by molar-refractivity contribution is 7.95. The van der Waals surface area contributed by atoms with Crippen LogP contribution >= 0.6 is 0 Å². The summed E-state index contributed by atoms with van der Waals surface area (Å²) < 4.78 is 29.5. The first kappa shape index (κ1) is 17.6. The SMILES string of the molecule is CN=S(C)(=O)C(C)(C)C(N)=NC(C)(C)c1ccccc1F. The smallest absolute Gasteiger partial charge is 0.128 e. The second-order valence-electron chi connectivity index (χ2n) is 6.03. The quantitative estimate of drug-likeness (QED) is 0.686. The van der Waals surface area contributed by atoms with Crippen molar-refractivity contribution in [3.05, 3.63) is 35.6 Å². The van der Waals surface area contributed by atoms with E-state index in [1.54, 1.807) is 52.1 Å².